The van der Waals surface area contributed by atoms with E-state index in [0.717, 1.165) is 30.0 Å². The molecular weight excluding hydrogens is 736 g/mol. The van der Waals surface area contributed by atoms with Gasteiger partial charge in [0.15, 0.2) is 5.60 Å². The average Bonchev–Trinajstić information content (AvgIpc) is 3.90. The number of ether oxygens (including phenoxy) is 1. The number of rotatable bonds is 11. The molecule has 4 aromatic rings. The molecule has 0 aliphatic carbocycles. The van der Waals surface area contributed by atoms with Gasteiger partial charge >= 0.3 is 0 Å². The lowest BCUT2D eigenvalue weighted by Crippen LogP contribution is -2.55. The molecule has 4 aliphatic heterocycles. The summed E-state index contributed by atoms with van der Waals surface area (Å²) in [6.45, 7) is 7.39. The Labute approximate surface area is 325 Å². The molecule has 14 nitrogen and oxygen atoms in total. The fraction of sp³-hybridized carbons (Fsp3) is 0.450. The number of aryl methyl sites for hydroxylation is 1. The molecule has 16 heteroatoms. The number of nitro benzene ring substituents is 1. The number of aliphatic hydroxyl groups is 1. The van der Waals surface area contributed by atoms with Crippen LogP contribution in [-0.4, -0.2) is 83.3 Å². The van der Waals surface area contributed by atoms with Crippen LogP contribution < -0.4 is 20.0 Å². The average molecular weight is 783 g/mol. The maximum absolute atomic E-state index is 16.4. The van der Waals surface area contributed by atoms with Gasteiger partial charge in [-0.2, -0.15) is 0 Å². The van der Waals surface area contributed by atoms with Gasteiger partial charge in [-0.1, -0.05) is 42.5 Å². The predicted molar refractivity (Wildman–Crippen MR) is 210 cm³/mol. The predicted octanol–water partition coefficient (Wildman–Crippen LogP) is 5.07. The molecule has 4 aliphatic rings. The summed E-state index contributed by atoms with van der Waals surface area (Å²) in [5.41, 5.74) is 0.961. The van der Waals surface area contributed by atoms with E-state index in [0.29, 0.717) is 55.8 Å². The highest BCUT2D eigenvalue weighted by atomic mass is 28.4. The van der Waals surface area contributed by atoms with E-state index in [2.05, 4.69) is 20.5 Å². The first kappa shape index (κ1) is 37.9. The number of hydrogen-bond donors (Lipinski definition) is 2. The minimum Gasteiger partial charge on any atom is -0.396 e. The minimum atomic E-state index is -3.49. The van der Waals surface area contributed by atoms with Crippen molar-refractivity contribution in [1.29, 1.82) is 0 Å². The Kier molecular flexibility index (Phi) is 9.79. The van der Waals surface area contributed by atoms with E-state index in [1.807, 2.05) is 66.4 Å². The number of hydrogen-bond acceptors (Lipinski definition) is 10. The van der Waals surface area contributed by atoms with E-state index >= 15 is 4.11 Å². The van der Waals surface area contributed by atoms with Crippen molar-refractivity contribution in [2.45, 2.75) is 81.6 Å². The molecule has 1 aromatic heterocycles. The second kappa shape index (κ2) is 14.5. The molecule has 3 saturated heterocycles. The molecule has 2 spiro atoms. The number of anilines is 3. The van der Waals surface area contributed by atoms with Gasteiger partial charge in [0.1, 0.15) is 5.54 Å². The summed E-state index contributed by atoms with van der Waals surface area (Å²) < 4.78 is 24.8. The van der Waals surface area contributed by atoms with Crippen molar-refractivity contribution >= 4 is 43.0 Å². The normalized spacial score (nSPS) is 24.5. The molecule has 3 aromatic carbocycles. The summed E-state index contributed by atoms with van der Waals surface area (Å²) in [6.07, 6.45) is 3.15. The summed E-state index contributed by atoms with van der Waals surface area (Å²) in [5.74, 6) is -0.952. The Balaban J connectivity index is 1.08. The van der Waals surface area contributed by atoms with E-state index in [1.54, 1.807) is 34.9 Å². The third kappa shape index (κ3) is 6.28. The van der Waals surface area contributed by atoms with Crippen LogP contribution in [0.2, 0.25) is 18.6 Å². The lowest BCUT2D eigenvalue weighted by molar-refractivity contribution is -0.385. The third-order valence-corrected chi connectivity index (χ3v) is 14.7. The fourth-order valence-corrected chi connectivity index (χ4v) is 12.2. The van der Waals surface area contributed by atoms with Crippen molar-refractivity contribution in [3.8, 4) is 0 Å². The highest BCUT2D eigenvalue weighted by molar-refractivity contribution is 6.72. The van der Waals surface area contributed by atoms with Crippen LogP contribution in [0.15, 0.2) is 79.0 Å². The highest BCUT2D eigenvalue weighted by Crippen LogP contribution is 2.60. The molecule has 294 valence electrons. The van der Waals surface area contributed by atoms with Gasteiger partial charge in [-0.3, -0.25) is 29.3 Å². The van der Waals surface area contributed by atoms with Crippen LogP contribution >= 0.6 is 0 Å². The summed E-state index contributed by atoms with van der Waals surface area (Å²) in [6, 6.07) is 22.0. The van der Waals surface area contributed by atoms with E-state index in [1.165, 1.54) is 12.1 Å². The number of nitrogens with zero attached hydrogens (tertiary/aromatic N) is 7. The number of carbonyl (C=O) groups excluding carboxylic acids is 2. The first-order valence-electron chi connectivity index (χ1n) is 19.3. The minimum absolute atomic E-state index is 0.0627. The maximum atomic E-state index is 16.4. The smallest absolute Gasteiger partial charge is 0.269 e. The van der Waals surface area contributed by atoms with Crippen molar-refractivity contribution in [1.82, 2.24) is 20.3 Å². The third-order valence-electron chi connectivity index (χ3n) is 12.3. The van der Waals surface area contributed by atoms with Crippen molar-refractivity contribution < 1.29 is 28.5 Å². The largest absolute Gasteiger partial charge is 0.396 e. The SMILES string of the molecule is C[C@@H]1[C@@H]([Si](C)(C)F)[C@H](CCn2cc(CCO)nn2)O[C@@]12C(=O)N(Cc1ccc(N3CN(c4ccccc4)C4(CCNCC4)C3=O)cc1)c1ccc([N+](=O)[O-])cc12. The lowest BCUT2D eigenvalue weighted by atomic mass is 9.82. The number of nitrogens with one attached hydrogen (secondary N) is 1. The number of nitro groups is 1. The van der Waals surface area contributed by atoms with Crippen LogP contribution in [0.3, 0.4) is 0 Å². The number of carbonyl (C=O) groups is 2. The topological polar surface area (TPSA) is 159 Å². The van der Waals surface area contributed by atoms with Crippen LogP contribution in [0.1, 0.15) is 43.0 Å². The molecule has 0 saturated carbocycles. The maximum Gasteiger partial charge on any atom is 0.269 e. The van der Waals surface area contributed by atoms with Gasteiger partial charge in [-0.15, -0.1) is 5.10 Å². The van der Waals surface area contributed by atoms with Gasteiger partial charge < -0.3 is 29.1 Å². The zero-order valence-electron chi connectivity index (χ0n) is 31.8. The van der Waals surface area contributed by atoms with Gasteiger partial charge in [0.25, 0.3) is 17.5 Å². The zero-order valence-corrected chi connectivity index (χ0v) is 32.8. The van der Waals surface area contributed by atoms with Crippen LogP contribution in [-0.2, 0) is 39.4 Å². The van der Waals surface area contributed by atoms with E-state index in [-0.39, 0.29) is 30.7 Å². The summed E-state index contributed by atoms with van der Waals surface area (Å²) >= 11 is 0. The van der Waals surface area contributed by atoms with Crippen LogP contribution in [0.4, 0.5) is 26.9 Å². The van der Waals surface area contributed by atoms with E-state index < -0.39 is 42.0 Å². The quantitative estimate of drug-likeness (QED) is 0.0912. The van der Waals surface area contributed by atoms with Crippen molar-refractivity contribution in [3.05, 3.63) is 106 Å². The number of halogens is 1. The molecule has 0 unspecified atom stereocenters. The van der Waals surface area contributed by atoms with Crippen molar-refractivity contribution in [2.24, 2.45) is 5.92 Å². The zero-order chi connectivity index (χ0) is 39.4. The summed E-state index contributed by atoms with van der Waals surface area (Å²) in [4.78, 5) is 46.4. The number of aliphatic hydroxyl groups excluding tert-OH is 1. The van der Waals surface area contributed by atoms with E-state index in [9.17, 15) is 24.8 Å². The van der Waals surface area contributed by atoms with E-state index in [4.69, 9.17) is 4.74 Å². The molecule has 4 atom stereocenters. The Morgan fingerprint density at radius 2 is 1.77 bits per heavy atom. The van der Waals surface area contributed by atoms with Gasteiger partial charge in [0, 0.05) is 66.3 Å². The van der Waals surface area contributed by atoms with Crippen LogP contribution in [0.25, 0.3) is 0 Å². The van der Waals surface area contributed by atoms with Crippen LogP contribution in [0.5, 0.6) is 0 Å². The number of non-ortho nitro benzene ring substituents is 1. The summed E-state index contributed by atoms with van der Waals surface area (Å²) in [5, 5.41) is 33.0. The molecule has 56 heavy (non-hydrogen) atoms. The number of para-hydroxylation sites is 1. The Bertz CT molecular complexity index is 2120. The molecule has 8 rings (SSSR count). The standard InChI is InChI=1S/C40H47FN8O6Si/c1-27-36(56(2,3)41)35(15-21-45-25-29(16-22-50)43-44-45)55-40(27)33-23-32(49(53)54)13-14-34(33)46(38(40)52)24-28-9-11-30(12-10-28)47-26-48(31-7-5-4-6-8-31)39(37(47)51)17-19-42-20-18-39/h4-14,23,25,27,35-36,42,50H,15-22,24,26H2,1-3H3/t27-,35+,36-,40+/m1/s1. The first-order valence-corrected chi connectivity index (χ1v) is 22.2. The second-order valence-corrected chi connectivity index (χ2v) is 19.7. The van der Waals surface area contributed by atoms with Gasteiger partial charge in [-0.25, -0.2) is 0 Å². The number of piperidine rings is 1. The number of benzene rings is 3. The lowest BCUT2D eigenvalue weighted by Gasteiger charge is -2.39. The van der Waals surface area contributed by atoms with Gasteiger partial charge in [0.2, 0.25) is 8.41 Å². The van der Waals surface area contributed by atoms with Crippen LogP contribution in [0, 0.1) is 16.0 Å². The molecule has 5 heterocycles. The van der Waals surface area contributed by atoms with Gasteiger partial charge in [-0.05, 0) is 81.3 Å². The number of fused-ring (bicyclic) bond motifs is 2. The first-order chi connectivity index (χ1) is 26.9. The van der Waals surface area contributed by atoms with Crippen molar-refractivity contribution in [3.63, 3.8) is 0 Å². The number of aromatic nitrogens is 3. The molecule has 3 fully saturated rings. The molecular formula is C40H47FN8O6Si. The fourth-order valence-electron chi connectivity index (χ4n) is 9.64. The monoisotopic (exact) mass is 782 g/mol. The molecule has 2 amide bonds. The van der Waals surface area contributed by atoms with Crippen molar-refractivity contribution in [2.75, 3.05) is 41.1 Å². The second-order valence-electron chi connectivity index (χ2n) is 15.9. The molecule has 0 radical (unpaired) electrons. The van der Waals surface area contributed by atoms with Gasteiger partial charge in [0.05, 0.1) is 35.6 Å². The molecule has 2 N–H and O–H groups in total. The Morgan fingerprint density at radius 1 is 1.04 bits per heavy atom. The molecule has 0 bridgehead atoms. The Hall–Kier alpha value is -5.03. The number of amides is 2. The highest BCUT2D eigenvalue weighted by Gasteiger charge is 2.67. The Morgan fingerprint density at radius 3 is 2.45 bits per heavy atom. The summed E-state index contributed by atoms with van der Waals surface area (Å²) in [7, 11) is -3.49.